The number of benzene rings is 6. The summed E-state index contributed by atoms with van der Waals surface area (Å²) in [6, 6.07) is 47.7. The van der Waals surface area contributed by atoms with Gasteiger partial charge >= 0.3 is 0 Å². The van der Waals surface area contributed by atoms with E-state index in [1.165, 1.54) is 70.9 Å². The fourth-order valence-corrected chi connectivity index (χ4v) is 11.7. The van der Waals surface area contributed by atoms with Crippen molar-refractivity contribution in [1.82, 2.24) is 4.57 Å². The Balaban J connectivity index is 1.50. The number of aromatic nitrogens is 1. The van der Waals surface area contributed by atoms with E-state index in [-0.39, 0.29) is 0 Å². The third kappa shape index (κ3) is 2.46. The van der Waals surface area contributed by atoms with Gasteiger partial charge in [-0.3, -0.25) is 0 Å². The van der Waals surface area contributed by atoms with Crippen LogP contribution in [0.1, 0.15) is 22.3 Å². The van der Waals surface area contributed by atoms with Gasteiger partial charge < -0.3 is 8.98 Å². The van der Waals surface area contributed by atoms with Gasteiger partial charge in [0.2, 0.25) is 0 Å². The maximum atomic E-state index is 6.52. The van der Waals surface area contributed by atoms with Crippen molar-refractivity contribution < 1.29 is 4.42 Å². The van der Waals surface area contributed by atoms with Crippen LogP contribution in [0, 0.1) is 0 Å². The van der Waals surface area contributed by atoms with E-state index in [2.05, 4.69) is 145 Å². The lowest BCUT2D eigenvalue weighted by molar-refractivity contribution is 0.668. The van der Waals surface area contributed by atoms with Crippen molar-refractivity contribution in [2.45, 2.75) is 18.5 Å². The van der Waals surface area contributed by atoms with E-state index in [4.69, 9.17) is 4.42 Å². The number of rotatable bonds is 0. The number of furan rings is 1. The first kappa shape index (κ1) is 22.8. The van der Waals surface area contributed by atoms with Crippen molar-refractivity contribution in [2.24, 2.45) is 0 Å². The molecule has 10 rings (SSSR count). The Morgan fingerprint density at radius 1 is 0.524 bits per heavy atom. The van der Waals surface area contributed by atoms with Crippen LogP contribution in [0.15, 0.2) is 132 Å². The summed E-state index contributed by atoms with van der Waals surface area (Å²) in [5.74, 6) is 0. The largest absolute Gasteiger partial charge is 0.456 e. The van der Waals surface area contributed by atoms with E-state index in [9.17, 15) is 0 Å². The van der Waals surface area contributed by atoms with E-state index < -0.39 is 13.5 Å². The number of hydrogen-bond acceptors (Lipinski definition) is 1. The molecule has 1 spiro atoms. The highest BCUT2D eigenvalue weighted by Gasteiger charge is 2.53. The predicted molar refractivity (Wildman–Crippen MR) is 177 cm³/mol. The molecule has 1 unspecified atom stereocenters. The highest BCUT2D eigenvalue weighted by molar-refractivity contribution is 7.01. The van der Waals surface area contributed by atoms with Crippen LogP contribution in [0.4, 0.5) is 0 Å². The van der Waals surface area contributed by atoms with Gasteiger partial charge in [-0.1, -0.05) is 110 Å². The molecule has 2 aromatic heterocycles. The quantitative estimate of drug-likeness (QED) is 0.172. The molecule has 6 aromatic carbocycles. The summed E-state index contributed by atoms with van der Waals surface area (Å²) in [5.41, 5.74) is 10.9. The smallest absolute Gasteiger partial charge is 0.135 e. The van der Waals surface area contributed by atoms with Gasteiger partial charge in [0.05, 0.1) is 22.1 Å². The first-order valence-electron chi connectivity index (χ1n) is 14.8. The molecule has 0 radical (unpaired) electrons. The van der Waals surface area contributed by atoms with Crippen LogP contribution < -0.4 is 10.4 Å². The van der Waals surface area contributed by atoms with Gasteiger partial charge in [0.1, 0.15) is 19.2 Å². The standard InChI is InChI=1S/C39H27NOSi/c1-42(2)36-21-10-6-16-29(36)39(31-22-27-25-13-4-9-20-34(25)41-35(27)23-37(31)42)28-15-5-8-19-33(28)40-32-18-7-3-12-24(32)26-14-11-17-30(39)38(26)40/h3-23H,1-2H3. The minimum Gasteiger partial charge on any atom is -0.456 e. The lowest BCUT2D eigenvalue weighted by atomic mass is 9.62. The van der Waals surface area contributed by atoms with Crippen molar-refractivity contribution in [3.05, 3.63) is 150 Å². The molecule has 0 saturated heterocycles. The van der Waals surface area contributed by atoms with Crippen LogP contribution in [0.3, 0.4) is 0 Å². The van der Waals surface area contributed by atoms with Crippen molar-refractivity contribution >= 4 is 62.2 Å². The SMILES string of the molecule is C[Si]1(C)c2ccccc2C2(c3ccccc3-n3c4ccccc4c4cccc2c43)c2cc3c(cc21)oc1ccccc13. The maximum absolute atomic E-state index is 6.52. The van der Waals surface area contributed by atoms with Crippen LogP contribution in [-0.2, 0) is 5.41 Å². The van der Waals surface area contributed by atoms with Gasteiger partial charge in [-0.15, -0.1) is 0 Å². The van der Waals surface area contributed by atoms with Crippen LogP contribution in [-0.4, -0.2) is 12.6 Å². The Hall–Kier alpha value is -4.86. The predicted octanol–water partition coefficient (Wildman–Crippen LogP) is 8.52. The van der Waals surface area contributed by atoms with Crippen LogP contribution >= 0.6 is 0 Å². The lowest BCUT2D eigenvalue weighted by Crippen LogP contribution is -2.63. The molecular weight excluding hydrogens is 527 g/mol. The summed E-state index contributed by atoms with van der Waals surface area (Å²) < 4.78 is 9.04. The number of nitrogens with zero attached hydrogens (tertiary/aromatic N) is 1. The molecule has 0 bridgehead atoms. The van der Waals surface area contributed by atoms with E-state index in [1.807, 2.05) is 0 Å². The maximum Gasteiger partial charge on any atom is 0.135 e. The fraction of sp³-hybridized carbons (Fsp3) is 0.0769. The van der Waals surface area contributed by atoms with Gasteiger partial charge in [0, 0.05) is 21.5 Å². The second kappa shape index (κ2) is 7.50. The zero-order valence-corrected chi connectivity index (χ0v) is 24.5. The molecule has 3 heteroatoms. The van der Waals surface area contributed by atoms with E-state index in [0.717, 1.165) is 11.2 Å². The first-order valence-corrected chi connectivity index (χ1v) is 17.8. The molecule has 42 heavy (non-hydrogen) atoms. The summed E-state index contributed by atoms with van der Waals surface area (Å²) in [4.78, 5) is 0. The van der Waals surface area contributed by atoms with E-state index in [1.54, 1.807) is 0 Å². The molecule has 2 nitrogen and oxygen atoms in total. The second-order valence-electron chi connectivity index (χ2n) is 12.5. The molecule has 8 aromatic rings. The van der Waals surface area contributed by atoms with E-state index in [0.29, 0.717) is 0 Å². The van der Waals surface area contributed by atoms with Crippen molar-refractivity contribution in [2.75, 3.05) is 0 Å². The van der Waals surface area contributed by atoms with Crippen molar-refractivity contribution in [1.29, 1.82) is 0 Å². The normalized spacial score (nSPS) is 18.0. The fourth-order valence-electron chi connectivity index (χ4n) is 8.53. The topological polar surface area (TPSA) is 18.1 Å². The average molecular weight is 554 g/mol. The Labute approximate surface area is 244 Å². The van der Waals surface area contributed by atoms with Crippen molar-refractivity contribution in [3.63, 3.8) is 0 Å². The molecule has 0 fully saturated rings. The minimum absolute atomic E-state index is 0.457. The summed E-state index contributed by atoms with van der Waals surface area (Å²) in [7, 11) is -2.10. The lowest BCUT2D eigenvalue weighted by Gasteiger charge is -2.49. The van der Waals surface area contributed by atoms with Gasteiger partial charge in [-0.25, -0.2) is 0 Å². The minimum atomic E-state index is -2.10. The summed E-state index contributed by atoms with van der Waals surface area (Å²) >= 11 is 0. The van der Waals surface area contributed by atoms with Crippen LogP contribution in [0.25, 0.3) is 49.4 Å². The van der Waals surface area contributed by atoms with Crippen LogP contribution in [0.5, 0.6) is 0 Å². The Morgan fingerprint density at radius 3 is 2.12 bits per heavy atom. The molecule has 2 aliphatic heterocycles. The molecule has 0 saturated carbocycles. The first-order chi connectivity index (χ1) is 20.6. The second-order valence-corrected chi connectivity index (χ2v) is 16.8. The van der Waals surface area contributed by atoms with Crippen LogP contribution in [0.2, 0.25) is 13.1 Å². The van der Waals surface area contributed by atoms with Gasteiger partial charge in [-0.05, 0) is 63.0 Å². The molecule has 2 aliphatic rings. The summed E-state index contributed by atoms with van der Waals surface area (Å²) in [6.45, 7) is 5.02. The Bertz CT molecular complexity index is 2460. The zero-order chi connectivity index (χ0) is 27.8. The van der Waals surface area contributed by atoms with Gasteiger partial charge in [0.15, 0.2) is 0 Å². The number of hydrogen-bond donors (Lipinski definition) is 0. The number of para-hydroxylation sites is 4. The molecule has 0 amide bonds. The third-order valence-corrected chi connectivity index (χ3v) is 13.8. The molecule has 198 valence electrons. The summed E-state index contributed by atoms with van der Waals surface area (Å²) in [5, 5.41) is 7.96. The average Bonchev–Trinajstić information content (AvgIpc) is 3.57. The third-order valence-electron chi connectivity index (χ3n) is 10.2. The molecule has 0 aliphatic carbocycles. The van der Waals surface area contributed by atoms with E-state index >= 15 is 0 Å². The highest BCUT2D eigenvalue weighted by Crippen LogP contribution is 2.55. The molecule has 4 heterocycles. The summed E-state index contributed by atoms with van der Waals surface area (Å²) in [6.07, 6.45) is 0. The zero-order valence-electron chi connectivity index (χ0n) is 23.5. The Morgan fingerprint density at radius 2 is 1.21 bits per heavy atom. The Kier molecular flexibility index (Phi) is 4.07. The molecular formula is C39H27NOSi. The van der Waals surface area contributed by atoms with Gasteiger partial charge in [-0.2, -0.15) is 0 Å². The highest BCUT2D eigenvalue weighted by atomic mass is 28.3. The van der Waals surface area contributed by atoms with Gasteiger partial charge in [0.25, 0.3) is 0 Å². The number of fused-ring (bicyclic) bond motifs is 14. The molecule has 0 N–H and O–H groups in total. The monoisotopic (exact) mass is 553 g/mol. The van der Waals surface area contributed by atoms with Crippen molar-refractivity contribution in [3.8, 4) is 5.69 Å². The molecule has 1 atom stereocenters.